The lowest BCUT2D eigenvalue weighted by Gasteiger charge is -2.05. The average Bonchev–Trinajstić information content (AvgIpc) is 3.01. The van der Waals surface area contributed by atoms with Gasteiger partial charge in [-0.1, -0.05) is 11.3 Å². The van der Waals surface area contributed by atoms with Gasteiger partial charge in [0, 0.05) is 29.9 Å². The first-order valence-corrected chi connectivity index (χ1v) is 8.24. The molecule has 1 N–H and O–H groups in total. The minimum atomic E-state index is -0.397. The Kier molecular flexibility index (Phi) is 5.45. The van der Waals surface area contributed by atoms with Crippen LogP contribution in [-0.4, -0.2) is 21.4 Å². The second-order valence-electron chi connectivity index (χ2n) is 4.53. The summed E-state index contributed by atoms with van der Waals surface area (Å²) in [4.78, 5) is 38.1. The second-order valence-corrected chi connectivity index (χ2v) is 6.21. The van der Waals surface area contributed by atoms with E-state index in [-0.39, 0.29) is 23.8 Å². The highest BCUT2D eigenvalue weighted by Crippen LogP contribution is 2.16. The largest absolute Gasteiger partial charge is 0.459 e. The van der Waals surface area contributed by atoms with Crippen LogP contribution in [0.3, 0.4) is 0 Å². The molecular formula is C13H15N3O4S2. The molecule has 2 rings (SSSR count). The number of thiazole rings is 2. The van der Waals surface area contributed by atoms with Crippen LogP contribution in [0.4, 0.5) is 5.13 Å². The molecule has 0 saturated heterocycles. The highest BCUT2D eigenvalue weighted by Gasteiger charge is 2.09. The summed E-state index contributed by atoms with van der Waals surface area (Å²) in [7, 11) is 0. The molecule has 0 atom stereocenters. The molecule has 118 valence electrons. The number of hydrogen-bond donors (Lipinski definition) is 1. The number of aromatic nitrogens is 2. The zero-order valence-corrected chi connectivity index (χ0v) is 13.8. The SMILES string of the molecule is CC(=O)Nc1nc(COC(=O)CCn2c(C)csc2=O)cs1. The number of rotatable bonds is 6. The zero-order chi connectivity index (χ0) is 16.1. The zero-order valence-electron chi connectivity index (χ0n) is 12.1. The molecule has 9 heteroatoms. The van der Waals surface area contributed by atoms with Crippen molar-refractivity contribution in [2.24, 2.45) is 0 Å². The fourth-order valence-corrected chi connectivity index (χ4v) is 3.19. The number of hydrogen-bond acceptors (Lipinski definition) is 7. The van der Waals surface area contributed by atoms with Gasteiger partial charge in [-0.3, -0.25) is 14.4 Å². The maximum atomic E-state index is 11.7. The lowest BCUT2D eigenvalue weighted by atomic mass is 10.4. The molecule has 0 saturated carbocycles. The number of esters is 1. The number of nitrogens with one attached hydrogen (secondary N) is 1. The normalized spacial score (nSPS) is 10.5. The third-order valence-corrected chi connectivity index (χ3v) is 4.42. The Labute approximate surface area is 134 Å². The number of carbonyl (C=O) groups is 2. The maximum absolute atomic E-state index is 11.7. The van der Waals surface area contributed by atoms with Gasteiger partial charge in [0.2, 0.25) is 5.91 Å². The number of nitrogens with zero attached hydrogens (tertiary/aromatic N) is 2. The van der Waals surface area contributed by atoms with Gasteiger partial charge < -0.3 is 14.6 Å². The van der Waals surface area contributed by atoms with Crippen molar-refractivity contribution >= 4 is 39.7 Å². The van der Waals surface area contributed by atoms with Crippen molar-refractivity contribution in [3.8, 4) is 0 Å². The van der Waals surface area contributed by atoms with Crippen LogP contribution >= 0.6 is 22.7 Å². The van der Waals surface area contributed by atoms with Crippen LogP contribution < -0.4 is 10.2 Å². The summed E-state index contributed by atoms with van der Waals surface area (Å²) < 4.78 is 6.65. The third-order valence-electron chi connectivity index (χ3n) is 2.73. The predicted octanol–water partition coefficient (Wildman–Crippen LogP) is 1.77. The number of amides is 1. The van der Waals surface area contributed by atoms with E-state index in [2.05, 4.69) is 10.3 Å². The molecule has 0 radical (unpaired) electrons. The summed E-state index contributed by atoms with van der Waals surface area (Å²) >= 11 is 2.38. The Bertz CT molecular complexity index is 732. The van der Waals surface area contributed by atoms with Crippen molar-refractivity contribution in [3.63, 3.8) is 0 Å². The molecule has 2 heterocycles. The monoisotopic (exact) mass is 341 g/mol. The van der Waals surface area contributed by atoms with Crippen LogP contribution in [0, 0.1) is 6.92 Å². The average molecular weight is 341 g/mol. The minimum Gasteiger partial charge on any atom is -0.459 e. The molecule has 0 aliphatic rings. The molecule has 7 nitrogen and oxygen atoms in total. The van der Waals surface area contributed by atoms with E-state index < -0.39 is 5.97 Å². The molecule has 0 bridgehead atoms. The number of carbonyl (C=O) groups excluding carboxylic acids is 2. The lowest BCUT2D eigenvalue weighted by molar-refractivity contribution is -0.145. The van der Waals surface area contributed by atoms with Crippen LogP contribution in [0.25, 0.3) is 0 Å². The fraction of sp³-hybridized carbons (Fsp3) is 0.385. The summed E-state index contributed by atoms with van der Waals surface area (Å²) in [6.07, 6.45) is 0.125. The standard InChI is InChI=1S/C13H15N3O4S2/c1-8-6-22-13(19)16(8)4-3-11(18)20-5-10-7-21-12(15-10)14-9(2)17/h6-7H,3-5H2,1-2H3,(H,14,15,17). The first-order valence-electron chi connectivity index (χ1n) is 6.48. The third kappa shape index (κ3) is 4.50. The highest BCUT2D eigenvalue weighted by molar-refractivity contribution is 7.13. The fourth-order valence-electron chi connectivity index (χ4n) is 1.69. The van der Waals surface area contributed by atoms with Gasteiger partial charge in [-0.25, -0.2) is 4.98 Å². The second kappa shape index (κ2) is 7.32. The molecule has 1 amide bonds. The van der Waals surface area contributed by atoms with Crippen molar-refractivity contribution in [3.05, 3.63) is 31.8 Å². The van der Waals surface area contributed by atoms with Crippen molar-refractivity contribution in [1.29, 1.82) is 0 Å². The lowest BCUT2D eigenvalue weighted by Crippen LogP contribution is -2.17. The van der Waals surface area contributed by atoms with Gasteiger partial charge in [0.25, 0.3) is 0 Å². The van der Waals surface area contributed by atoms with Crippen molar-refractivity contribution in [2.75, 3.05) is 5.32 Å². The van der Waals surface area contributed by atoms with Crippen LogP contribution in [0.1, 0.15) is 24.7 Å². The predicted molar refractivity (Wildman–Crippen MR) is 84.1 cm³/mol. The van der Waals surface area contributed by atoms with E-state index in [9.17, 15) is 14.4 Å². The molecule has 0 spiro atoms. The van der Waals surface area contributed by atoms with Crippen molar-refractivity contribution in [1.82, 2.24) is 9.55 Å². The van der Waals surface area contributed by atoms with Crippen molar-refractivity contribution < 1.29 is 14.3 Å². The molecule has 0 fully saturated rings. The van der Waals surface area contributed by atoms with Crippen LogP contribution in [0.2, 0.25) is 0 Å². The highest BCUT2D eigenvalue weighted by atomic mass is 32.1. The van der Waals surface area contributed by atoms with E-state index in [1.807, 2.05) is 6.92 Å². The van der Waals surface area contributed by atoms with Crippen molar-refractivity contribution in [2.45, 2.75) is 33.4 Å². The number of aryl methyl sites for hydroxylation is 1. The molecule has 2 aromatic rings. The molecule has 2 aromatic heterocycles. The van der Waals surface area contributed by atoms with E-state index >= 15 is 0 Å². The summed E-state index contributed by atoms with van der Waals surface area (Å²) in [5.41, 5.74) is 1.41. The molecule has 0 aromatic carbocycles. The molecule has 0 aliphatic heterocycles. The Hall–Kier alpha value is -2.00. The van der Waals surface area contributed by atoms with E-state index in [1.54, 1.807) is 15.3 Å². The Morgan fingerprint density at radius 1 is 1.36 bits per heavy atom. The summed E-state index contributed by atoms with van der Waals surface area (Å²) in [6, 6.07) is 0. The summed E-state index contributed by atoms with van der Waals surface area (Å²) in [5.74, 6) is -0.596. The van der Waals surface area contributed by atoms with Gasteiger partial charge in [-0.05, 0) is 6.92 Å². The first kappa shape index (κ1) is 16.4. The maximum Gasteiger partial charge on any atom is 0.307 e. The number of ether oxygens (including phenoxy) is 1. The Morgan fingerprint density at radius 2 is 2.14 bits per heavy atom. The summed E-state index contributed by atoms with van der Waals surface area (Å²) in [5, 5.41) is 6.50. The van der Waals surface area contributed by atoms with Gasteiger partial charge in [0.1, 0.15) is 6.61 Å². The first-order chi connectivity index (χ1) is 10.5. The molecule has 0 aliphatic carbocycles. The smallest absolute Gasteiger partial charge is 0.307 e. The van der Waals surface area contributed by atoms with Crippen LogP contribution in [-0.2, 0) is 27.5 Å². The van der Waals surface area contributed by atoms with Gasteiger partial charge in [0.05, 0.1) is 12.1 Å². The summed E-state index contributed by atoms with van der Waals surface area (Å²) in [6.45, 7) is 3.57. The van der Waals surface area contributed by atoms with E-state index in [1.165, 1.54) is 18.3 Å². The van der Waals surface area contributed by atoms with Crippen LogP contribution in [0.15, 0.2) is 15.6 Å². The van der Waals surface area contributed by atoms with E-state index in [0.717, 1.165) is 17.0 Å². The molecule has 0 unspecified atom stereocenters. The van der Waals surface area contributed by atoms with Gasteiger partial charge in [0.15, 0.2) is 5.13 Å². The van der Waals surface area contributed by atoms with E-state index in [0.29, 0.717) is 17.4 Å². The van der Waals surface area contributed by atoms with Gasteiger partial charge >= 0.3 is 10.8 Å². The Balaban J connectivity index is 1.79. The van der Waals surface area contributed by atoms with Gasteiger partial charge in [-0.2, -0.15) is 0 Å². The molecule has 22 heavy (non-hydrogen) atoms. The molecular weight excluding hydrogens is 326 g/mol. The minimum absolute atomic E-state index is 0.0481. The van der Waals surface area contributed by atoms with Gasteiger partial charge in [-0.15, -0.1) is 11.3 Å². The number of anilines is 1. The Morgan fingerprint density at radius 3 is 2.77 bits per heavy atom. The quantitative estimate of drug-likeness (QED) is 0.809. The van der Waals surface area contributed by atoms with E-state index in [4.69, 9.17) is 4.74 Å². The van der Waals surface area contributed by atoms with Crippen LogP contribution in [0.5, 0.6) is 0 Å². The topological polar surface area (TPSA) is 90.3 Å².